The summed E-state index contributed by atoms with van der Waals surface area (Å²) in [6.07, 6.45) is 1.92. The number of benzene rings is 4. The van der Waals surface area contributed by atoms with Crippen molar-refractivity contribution in [3.63, 3.8) is 0 Å². The topological polar surface area (TPSA) is 28.6 Å². The van der Waals surface area contributed by atoms with Crippen molar-refractivity contribution >= 4 is 65.0 Å². The first-order valence-corrected chi connectivity index (χ1v) is 17.1. The van der Waals surface area contributed by atoms with Crippen LogP contribution in [-0.4, -0.2) is 4.98 Å². The SMILES string of the molecule is CC1=C(C)N(c2ccccc2)[CH-]N1c1[c-]c(Oc2[c-]c3c(-c4cc(C(C)(C)C)ccn4)cc4c(ccc5ccsc54)c3s2)ccc1.[Pt]. The summed E-state index contributed by atoms with van der Waals surface area (Å²) in [6.45, 7) is 13.1. The van der Waals surface area contributed by atoms with Gasteiger partial charge in [-0.1, -0.05) is 66.8 Å². The van der Waals surface area contributed by atoms with Crippen LogP contribution in [0.15, 0.2) is 108 Å². The molecule has 0 N–H and O–H groups in total. The van der Waals surface area contributed by atoms with E-state index in [2.05, 4.69) is 135 Å². The van der Waals surface area contributed by atoms with Crippen LogP contribution in [0.4, 0.5) is 11.4 Å². The molecule has 47 heavy (non-hydrogen) atoms. The number of aromatic nitrogens is 1. The van der Waals surface area contributed by atoms with Crippen LogP contribution >= 0.6 is 22.7 Å². The van der Waals surface area contributed by atoms with Gasteiger partial charge in [0, 0.05) is 60.5 Å². The molecule has 238 valence electrons. The zero-order chi connectivity index (χ0) is 31.6. The van der Waals surface area contributed by atoms with Gasteiger partial charge in [-0.3, -0.25) is 4.98 Å². The van der Waals surface area contributed by atoms with Crippen LogP contribution < -0.4 is 14.5 Å². The van der Waals surface area contributed by atoms with Gasteiger partial charge in [0.05, 0.1) is 0 Å². The third kappa shape index (κ3) is 5.67. The van der Waals surface area contributed by atoms with Crippen molar-refractivity contribution in [2.24, 2.45) is 0 Å². The van der Waals surface area contributed by atoms with E-state index in [4.69, 9.17) is 9.72 Å². The number of thiophene rings is 2. The summed E-state index contributed by atoms with van der Waals surface area (Å²) in [5.41, 5.74) is 7.65. The Kier molecular flexibility index (Phi) is 8.24. The van der Waals surface area contributed by atoms with E-state index in [9.17, 15) is 0 Å². The number of pyridine rings is 1. The number of fused-ring (bicyclic) bond motifs is 5. The second-order valence-corrected chi connectivity index (χ2v) is 14.6. The van der Waals surface area contributed by atoms with Crippen LogP contribution in [-0.2, 0) is 26.5 Å². The van der Waals surface area contributed by atoms with Gasteiger partial charge in [-0.15, -0.1) is 54.0 Å². The summed E-state index contributed by atoms with van der Waals surface area (Å²) in [5, 5.41) is 7.59. The molecule has 0 radical (unpaired) electrons. The van der Waals surface area contributed by atoms with Crippen LogP contribution in [0.3, 0.4) is 0 Å². The molecular weight excluding hydrogens is 798 g/mol. The number of allylic oxidation sites excluding steroid dienone is 2. The molecule has 0 spiro atoms. The summed E-state index contributed by atoms with van der Waals surface area (Å²) < 4.78 is 8.98. The van der Waals surface area contributed by atoms with Gasteiger partial charge in [-0.05, 0) is 71.3 Å². The molecule has 3 aromatic heterocycles. The van der Waals surface area contributed by atoms with E-state index >= 15 is 0 Å². The molecule has 4 nitrogen and oxygen atoms in total. The fraction of sp³-hybridized carbons (Fsp3) is 0.150. The summed E-state index contributed by atoms with van der Waals surface area (Å²) in [6, 6.07) is 36.9. The first-order chi connectivity index (χ1) is 22.2. The molecule has 1 aliphatic heterocycles. The molecule has 0 saturated heterocycles. The number of nitrogens with zero attached hydrogens (tertiary/aromatic N) is 3. The standard InChI is InChI=1S/C40H32N3OS2.Pt/c1-25-26(2)43(24-42(25)29-10-7-6-8-11-29)30-12-9-13-31(21-30)44-37-23-35-33(36-20-28(16-18-41-36)40(3,4)5)22-34-32(39(35)46-37)15-14-27-17-19-45-38(27)34;/h6-20,22,24H,1-5H3;/q-3;. The average molecular weight is 830 g/mol. The predicted molar refractivity (Wildman–Crippen MR) is 195 cm³/mol. The zero-order valence-electron chi connectivity index (χ0n) is 26.7. The minimum absolute atomic E-state index is 0. The van der Waals surface area contributed by atoms with Crippen molar-refractivity contribution in [2.45, 2.75) is 40.0 Å². The van der Waals surface area contributed by atoms with E-state index in [1.54, 1.807) is 22.7 Å². The summed E-state index contributed by atoms with van der Waals surface area (Å²) >= 11 is 3.41. The van der Waals surface area contributed by atoms with Crippen LogP contribution in [0.2, 0.25) is 0 Å². The normalized spacial score (nSPS) is 13.6. The molecule has 4 aromatic carbocycles. The molecule has 0 saturated carbocycles. The second kappa shape index (κ2) is 12.2. The monoisotopic (exact) mass is 829 g/mol. The molecule has 0 unspecified atom stereocenters. The quantitative estimate of drug-likeness (QED) is 0.162. The smallest absolute Gasteiger partial charge is 0.107 e. The minimum atomic E-state index is 0. The maximum atomic E-state index is 6.55. The Bertz CT molecular complexity index is 2300. The van der Waals surface area contributed by atoms with E-state index in [-0.39, 0.29) is 26.5 Å². The van der Waals surface area contributed by atoms with Gasteiger partial charge < -0.3 is 14.5 Å². The molecule has 0 atom stereocenters. The third-order valence-corrected chi connectivity index (χ3v) is 10.7. The molecular formula is C40H32N3OPtS2-3. The molecule has 1 aliphatic rings. The Morgan fingerprint density at radius 3 is 2.43 bits per heavy atom. The largest absolute Gasteiger partial charge is 0.497 e. The first-order valence-electron chi connectivity index (χ1n) is 15.4. The Morgan fingerprint density at radius 2 is 1.62 bits per heavy atom. The summed E-state index contributed by atoms with van der Waals surface area (Å²) in [5.74, 6) is 0.650. The molecule has 0 aliphatic carbocycles. The molecule has 7 heteroatoms. The van der Waals surface area contributed by atoms with E-state index in [0.29, 0.717) is 10.8 Å². The van der Waals surface area contributed by atoms with Crippen LogP contribution in [0.1, 0.15) is 40.2 Å². The van der Waals surface area contributed by atoms with Crippen molar-refractivity contribution in [1.82, 2.24) is 4.98 Å². The molecule has 0 amide bonds. The van der Waals surface area contributed by atoms with Gasteiger partial charge in [0.1, 0.15) is 5.06 Å². The fourth-order valence-electron chi connectivity index (χ4n) is 6.08. The van der Waals surface area contributed by atoms with E-state index in [1.165, 1.54) is 32.1 Å². The van der Waals surface area contributed by atoms with Crippen LogP contribution in [0, 0.1) is 18.8 Å². The molecule has 0 bridgehead atoms. The van der Waals surface area contributed by atoms with Gasteiger partial charge in [0.15, 0.2) is 0 Å². The molecule has 8 rings (SSSR count). The Hall–Kier alpha value is -3.96. The van der Waals surface area contributed by atoms with E-state index < -0.39 is 0 Å². The van der Waals surface area contributed by atoms with Crippen LogP contribution in [0.25, 0.3) is 42.2 Å². The maximum Gasteiger partial charge on any atom is 0.107 e. The molecule has 7 aromatic rings. The van der Waals surface area contributed by atoms with Crippen LogP contribution in [0.5, 0.6) is 10.8 Å². The van der Waals surface area contributed by atoms with Crippen molar-refractivity contribution in [3.05, 3.63) is 132 Å². The van der Waals surface area contributed by atoms with Gasteiger partial charge in [0.2, 0.25) is 0 Å². The summed E-state index contributed by atoms with van der Waals surface area (Å²) in [4.78, 5) is 9.23. The van der Waals surface area contributed by atoms with Gasteiger partial charge in [-0.2, -0.15) is 22.8 Å². The average Bonchev–Trinajstić information content (AvgIpc) is 3.79. The molecule has 4 heterocycles. The maximum absolute atomic E-state index is 6.55. The van der Waals surface area contributed by atoms with Crippen molar-refractivity contribution in [1.29, 1.82) is 0 Å². The fourth-order valence-corrected chi connectivity index (χ4v) is 8.02. The van der Waals surface area contributed by atoms with Gasteiger partial charge in [-0.25, -0.2) is 0 Å². The number of hydrogen-bond acceptors (Lipinski definition) is 6. The third-order valence-electron chi connectivity index (χ3n) is 8.74. The predicted octanol–water partition coefficient (Wildman–Crippen LogP) is 11.7. The number of para-hydroxylation sites is 1. The van der Waals surface area contributed by atoms with Gasteiger partial charge >= 0.3 is 0 Å². The number of hydrogen-bond donors (Lipinski definition) is 0. The van der Waals surface area contributed by atoms with E-state index in [1.807, 2.05) is 24.4 Å². The van der Waals surface area contributed by atoms with Gasteiger partial charge in [0.25, 0.3) is 0 Å². The van der Waals surface area contributed by atoms with Crippen molar-refractivity contribution in [2.75, 3.05) is 9.80 Å². The van der Waals surface area contributed by atoms with Crippen molar-refractivity contribution in [3.8, 4) is 22.1 Å². The number of rotatable bonds is 5. The minimum Gasteiger partial charge on any atom is -0.497 e. The number of ether oxygens (including phenoxy) is 1. The second-order valence-electron chi connectivity index (χ2n) is 12.7. The first kappa shape index (κ1) is 31.6. The Balaban J connectivity index is 0.00000351. The number of anilines is 2. The zero-order valence-corrected chi connectivity index (χ0v) is 30.6. The summed E-state index contributed by atoms with van der Waals surface area (Å²) in [7, 11) is 0. The molecule has 0 fully saturated rings. The van der Waals surface area contributed by atoms with Crippen molar-refractivity contribution < 1.29 is 25.8 Å². The van der Waals surface area contributed by atoms with E-state index in [0.717, 1.165) is 38.4 Å². The Morgan fingerprint density at radius 1 is 0.809 bits per heavy atom. The Labute approximate surface area is 298 Å².